The van der Waals surface area contributed by atoms with Crippen molar-refractivity contribution in [3.8, 4) is 0 Å². The van der Waals surface area contributed by atoms with Crippen LogP contribution in [0, 0.1) is 5.82 Å². The molecule has 0 aliphatic rings. The van der Waals surface area contributed by atoms with Crippen molar-refractivity contribution >= 4 is 26.5 Å². The largest absolute Gasteiger partial charge is 0.277 e. The van der Waals surface area contributed by atoms with E-state index < -0.39 is 15.8 Å². The monoisotopic (exact) mass is 301 g/mol. The van der Waals surface area contributed by atoms with E-state index in [9.17, 15) is 12.8 Å². The van der Waals surface area contributed by atoms with Crippen LogP contribution in [0.5, 0.6) is 0 Å². The summed E-state index contributed by atoms with van der Waals surface area (Å²) in [5.41, 5.74) is -0.0644. The van der Waals surface area contributed by atoms with E-state index in [1.165, 1.54) is 24.3 Å². The smallest absolute Gasteiger partial charge is 0.262 e. The van der Waals surface area contributed by atoms with Crippen molar-refractivity contribution in [1.29, 1.82) is 0 Å². The molecule has 106 valence electrons. The standard InChI is InChI=1S/C16H12FNO2S/c17-14-9-3-4-10-15(14)18-21(19,20)16-11-5-7-12-6-1-2-8-13(12)16/h1-11,18H. The van der Waals surface area contributed by atoms with Gasteiger partial charge in [-0.1, -0.05) is 48.5 Å². The molecule has 3 aromatic carbocycles. The molecule has 0 aliphatic carbocycles. The normalized spacial score (nSPS) is 11.5. The maximum Gasteiger partial charge on any atom is 0.262 e. The van der Waals surface area contributed by atoms with Crippen molar-refractivity contribution in [3.05, 3.63) is 72.5 Å². The fourth-order valence-electron chi connectivity index (χ4n) is 2.17. The second-order valence-corrected chi connectivity index (χ2v) is 6.21. The summed E-state index contributed by atoms with van der Waals surface area (Å²) in [5, 5.41) is 1.41. The maximum atomic E-state index is 13.6. The van der Waals surface area contributed by atoms with Gasteiger partial charge in [-0.3, -0.25) is 4.72 Å². The predicted molar refractivity (Wildman–Crippen MR) is 81.2 cm³/mol. The molecular formula is C16H12FNO2S. The molecular weight excluding hydrogens is 289 g/mol. The predicted octanol–water partition coefficient (Wildman–Crippen LogP) is 3.78. The molecule has 3 nitrogen and oxygen atoms in total. The molecule has 1 N–H and O–H groups in total. The first-order valence-corrected chi connectivity index (χ1v) is 7.81. The van der Waals surface area contributed by atoms with E-state index in [2.05, 4.69) is 4.72 Å². The number of benzene rings is 3. The average Bonchev–Trinajstić information content (AvgIpc) is 2.49. The lowest BCUT2D eigenvalue weighted by Crippen LogP contribution is -2.14. The van der Waals surface area contributed by atoms with Gasteiger partial charge in [-0.15, -0.1) is 0 Å². The van der Waals surface area contributed by atoms with Gasteiger partial charge in [-0.25, -0.2) is 12.8 Å². The molecule has 5 heteroatoms. The number of nitrogens with one attached hydrogen (secondary N) is 1. The van der Waals surface area contributed by atoms with Crippen LogP contribution >= 0.6 is 0 Å². The molecule has 0 heterocycles. The molecule has 0 amide bonds. The minimum absolute atomic E-state index is 0.0644. The van der Waals surface area contributed by atoms with Gasteiger partial charge in [0.1, 0.15) is 5.82 Å². The number of hydrogen-bond acceptors (Lipinski definition) is 2. The first-order valence-electron chi connectivity index (χ1n) is 6.33. The second-order valence-electron chi connectivity index (χ2n) is 4.56. The number of anilines is 1. The van der Waals surface area contributed by atoms with Crippen LogP contribution in [-0.2, 0) is 10.0 Å². The Morgan fingerprint density at radius 2 is 1.48 bits per heavy atom. The lowest BCUT2D eigenvalue weighted by molar-refractivity contribution is 0.599. The molecule has 0 atom stereocenters. The highest BCUT2D eigenvalue weighted by Crippen LogP contribution is 2.25. The highest BCUT2D eigenvalue weighted by molar-refractivity contribution is 7.93. The fraction of sp³-hybridized carbons (Fsp3) is 0. The summed E-state index contributed by atoms with van der Waals surface area (Å²) in [6, 6.07) is 17.8. The van der Waals surface area contributed by atoms with Crippen LogP contribution in [0.1, 0.15) is 0 Å². The Morgan fingerprint density at radius 3 is 2.29 bits per heavy atom. The van der Waals surface area contributed by atoms with Crippen molar-refractivity contribution in [1.82, 2.24) is 0 Å². The van der Waals surface area contributed by atoms with Gasteiger partial charge in [0.25, 0.3) is 10.0 Å². The van der Waals surface area contributed by atoms with Crippen molar-refractivity contribution in [2.45, 2.75) is 4.90 Å². The van der Waals surface area contributed by atoms with Gasteiger partial charge in [0.2, 0.25) is 0 Å². The first-order chi connectivity index (χ1) is 10.1. The van der Waals surface area contributed by atoms with Gasteiger partial charge < -0.3 is 0 Å². The Balaban J connectivity index is 2.11. The van der Waals surface area contributed by atoms with Gasteiger partial charge in [0.05, 0.1) is 10.6 Å². The number of sulfonamides is 1. The van der Waals surface area contributed by atoms with Gasteiger partial charge in [-0.05, 0) is 23.6 Å². The van der Waals surface area contributed by atoms with Gasteiger partial charge in [0, 0.05) is 5.39 Å². The number of rotatable bonds is 3. The molecule has 0 saturated heterocycles. The molecule has 21 heavy (non-hydrogen) atoms. The summed E-state index contributed by atoms with van der Waals surface area (Å²) in [7, 11) is -3.85. The quantitative estimate of drug-likeness (QED) is 0.800. The first kappa shape index (κ1) is 13.6. The lowest BCUT2D eigenvalue weighted by Gasteiger charge is -2.11. The summed E-state index contributed by atoms with van der Waals surface area (Å²) < 4.78 is 40.9. The highest BCUT2D eigenvalue weighted by atomic mass is 32.2. The van der Waals surface area contributed by atoms with Gasteiger partial charge >= 0.3 is 0 Å². The summed E-state index contributed by atoms with van der Waals surface area (Å²) >= 11 is 0. The molecule has 0 aromatic heterocycles. The summed E-state index contributed by atoms with van der Waals surface area (Å²) in [4.78, 5) is 0.129. The third-order valence-corrected chi connectivity index (χ3v) is 4.58. The lowest BCUT2D eigenvalue weighted by atomic mass is 10.1. The zero-order chi connectivity index (χ0) is 14.9. The average molecular weight is 301 g/mol. The van der Waals surface area contributed by atoms with Crippen molar-refractivity contribution < 1.29 is 12.8 Å². The number of halogens is 1. The molecule has 0 unspecified atom stereocenters. The van der Waals surface area contributed by atoms with Crippen molar-refractivity contribution in [3.63, 3.8) is 0 Å². The molecule has 0 fully saturated rings. The van der Waals surface area contributed by atoms with E-state index in [0.717, 1.165) is 5.39 Å². The molecule has 0 spiro atoms. The number of hydrogen-bond donors (Lipinski definition) is 1. The Bertz CT molecular complexity index is 902. The molecule has 0 saturated carbocycles. The maximum absolute atomic E-state index is 13.6. The Kier molecular flexibility index (Phi) is 3.35. The molecule has 0 aliphatic heterocycles. The Hall–Kier alpha value is -2.40. The third kappa shape index (κ3) is 2.60. The SMILES string of the molecule is O=S(=O)(Nc1ccccc1F)c1cccc2ccccc12. The van der Waals surface area contributed by atoms with Crippen molar-refractivity contribution in [2.75, 3.05) is 4.72 Å². The van der Waals surface area contributed by atoms with E-state index in [1.807, 2.05) is 18.2 Å². The van der Waals surface area contributed by atoms with Crippen LogP contribution in [-0.4, -0.2) is 8.42 Å². The minimum Gasteiger partial charge on any atom is -0.277 e. The third-order valence-electron chi connectivity index (χ3n) is 3.16. The molecule has 0 radical (unpaired) electrons. The molecule has 0 bridgehead atoms. The minimum atomic E-state index is -3.85. The van der Waals surface area contributed by atoms with Gasteiger partial charge in [0.15, 0.2) is 0 Å². The highest BCUT2D eigenvalue weighted by Gasteiger charge is 2.18. The zero-order valence-corrected chi connectivity index (χ0v) is 11.8. The van der Waals surface area contributed by atoms with Crippen LogP contribution in [0.25, 0.3) is 10.8 Å². The fourth-order valence-corrected chi connectivity index (χ4v) is 3.47. The topological polar surface area (TPSA) is 46.2 Å². The molecule has 3 aromatic rings. The van der Waals surface area contributed by atoms with Crippen LogP contribution in [0.3, 0.4) is 0 Å². The number of para-hydroxylation sites is 1. The molecule has 3 rings (SSSR count). The van der Waals surface area contributed by atoms with E-state index in [-0.39, 0.29) is 10.6 Å². The Labute approximate surface area is 122 Å². The second kappa shape index (κ2) is 5.18. The van der Waals surface area contributed by atoms with Crippen molar-refractivity contribution in [2.24, 2.45) is 0 Å². The van der Waals surface area contributed by atoms with Crippen LogP contribution in [0.4, 0.5) is 10.1 Å². The Morgan fingerprint density at radius 1 is 0.810 bits per heavy atom. The summed E-state index contributed by atoms with van der Waals surface area (Å²) in [5.74, 6) is -0.610. The zero-order valence-electron chi connectivity index (χ0n) is 11.0. The summed E-state index contributed by atoms with van der Waals surface area (Å²) in [6.45, 7) is 0. The summed E-state index contributed by atoms with van der Waals surface area (Å²) in [6.07, 6.45) is 0. The van der Waals surface area contributed by atoms with E-state index in [4.69, 9.17) is 0 Å². The van der Waals surface area contributed by atoms with Gasteiger partial charge in [-0.2, -0.15) is 0 Å². The van der Waals surface area contributed by atoms with Crippen LogP contribution in [0.15, 0.2) is 71.6 Å². The van der Waals surface area contributed by atoms with E-state index in [1.54, 1.807) is 24.3 Å². The van der Waals surface area contributed by atoms with E-state index >= 15 is 0 Å². The number of fused-ring (bicyclic) bond motifs is 1. The van der Waals surface area contributed by atoms with E-state index in [0.29, 0.717) is 5.39 Å². The van der Waals surface area contributed by atoms with Crippen LogP contribution in [0.2, 0.25) is 0 Å². The van der Waals surface area contributed by atoms with Crippen LogP contribution < -0.4 is 4.72 Å².